The first kappa shape index (κ1) is 29.3. The topological polar surface area (TPSA) is 149 Å². The number of hydrogen-bond donors (Lipinski definition) is 4. The van der Waals surface area contributed by atoms with Gasteiger partial charge in [-0.05, 0) is 49.4 Å². The van der Waals surface area contributed by atoms with Crippen LogP contribution in [0.4, 0.5) is 0 Å². The molecule has 2 aromatic carbocycles. The number of carboxylic acids is 1. The van der Waals surface area contributed by atoms with E-state index < -0.39 is 34.0 Å². The highest BCUT2D eigenvalue weighted by Gasteiger charge is 2.35. The molecule has 214 valence electrons. The lowest BCUT2D eigenvalue weighted by Gasteiger charge is -2.35. The van der Waals surface area contributed by atoms with E-state index in [-0.39, 0.29) is 42.1 Å². The van der Waals surface area contributed by atoms with Crippen LogP contribution in [0.5, 0.6) is 0 Å². The molecule has 4 rings (SSSR count). The third-order valence-corrected chi connectivity index (χ3v) is 8.89. The van der Waals surface area contributed by atoms with Gasteiger partial charge in [-0.25, -0.2) is 13.2 Å². The van der Waals surface area contributed by atoms with Crippen molar-refractivity contribution in [1.82, 2.24) is 19.9 Å². The van der Waals surface area contributed by atoms with Gasteiger partial charge in [0.1, 0.15) is 12.1 Å². The van der Waals surface area contributed by atoms with Gasteiger partial charge in [0.15, 0.2) is 0 Å². The Morgan fingerprint density at radius 2 is 1.70 bits per heavy atom. The molecule has 11 heteroatoms. The van der Waals surface area contributed by atoms with Crippen molar-refractivity contribution in [3.05, 3.63) is 65.9 Å². The summed E-state index contributed by atoms with van der Waals surface area (Å²) in [5, 5.41) is 13.4. The fraction of sp³-hybridized carbons (Fsp3) is 0.414. The van der Waals surface area contributed by atoms with Crippen LogP contribution in [0.1, 0.15) is 37.8 Å². The minimum Gasteiger partial charge on any atom is -0.480 e. The van der Waals surface area contributed by atoms with E-state index in [1.165, 1.54) is 12.1 Å². The number of likely N-dealkylation sites (tertiary alicyclic amines) is 1. The molecule has 0 saturated carbocycles. The number of amides is 2. The van der Waals surface area contributed by atoms with Crippen LogP contribution in [0.2, 0.25) is 0 Å². The van der Waals surface area contributed by atoms with E-state index in [2.05, 4.69) is 15.0 Å². The molecule has 10 nitrogen and oxygen atoms in total. The van der Waals surface area contributed by atoms with Crippen molar-refractivity contribution in [2.45, 2.75) is 57.0 Å². The number of piperidine rings is 1. The van der Waals surface area contributed by atoms with Crippen LogP contribution >= 0.6 is 0 Å². The van der Waals surface area contributed by atoms with Crippen molar-refractivity contribution >= 4 is 38.7 Å². The monoisotopic (exact) mass is 568 g/mol. The van der Waals surface area contributed by atoms with Crippen LogP contribution < -0.4 is 10.0 Å². The fourth-order valence-electron chi connectivity index (χ4n) is 4.99. The molecule has 40 heavy (non-hydrogen) atoms. The standard InChI is InChI=1S/C29H36N4O6S/c1-18(2)26(32-40(38,39)22-10-8-19(3)9-11-22)28(35)33-14-12-20(13-15-33)27(34)31-25(29(36)37)16-21-17-30-24-7-5-4-6-23(21)24/h4-11,17-18,20,25-26,30,32H,12-16H2,1-3H3,(H,31,34)(H,36,37)/t25-,26-/m0/s1. The first-order valence-electron chi connectivity index (χ1n) is 13.4. The van der Waals surface area contributed by atoms with E-state index in [4.69, 9.17) is 0 Å². The molecule has 2 atom stereocenters. The minimum absolute atomic E-state index is 0.0903. The lowest BCUT2D eigenvalue weighted by molar-refractivity contribution is -0.143. The number of carbonyl (C=O) groups excluding carboxylic acids is 2. The van der Waals surface area contributed by atoms with Gasteiger partial charge >= 0.3 is 5.97 Å². The number of carboxylic acid groups (broad SMARTS) is 1. The number of carbonyl (C=O) groups is 3. The quantitative estimate of drug-likeness (QED) is 0.296. The molecule has 1 aliphatic heterocycles. The number of H-pyrrole nitrogens is 1. The molecule has 2 heterocycles. The molecule has 1 aliphatic rings. The molecule has 0 spiro atoms. The SMILES string of the molecule is Cc1ccc(S(=O)(=O)N[C@H](C(=O)N2CCC(C(=O)N[C@@H](Cc3c[nH]c4ccccc34)C(=O)O)CC2)C(C)C)cc1. The maximum Gasteiger partial charge on any atom is 0.326 e. The number of rotatable bonds is 10. The smallest absolute Gasteiger partial charge is 0.326 e. The Hall–Kier alpha value is -3.70. The predicted octanol–water partition coefficient (Wildman–Crippen LogP) is 2.83. The van der Waals surface area contributed by atoms with Crippen molar-refractivity contribution in [3.63, 3.8) is 0 Å². The number of fused-ring (bicyclic) bond motifs is 1. The molecule has 1 aromatic heterocycles. The second-order valence-corrected chi connectivity index (χ2v) is 12.4. The zero-order valence-electron chi connectivity index (χ0n) is 22.9. The van der Waals surface area contributed by atoms with E-state index in [1.807, 2.05) is 31.2 Å². The van der Waals surface area contributed by atoms with Crippen molar-refractivity contribution in [1.29, 1.82) is 0 Å². The van der Waals surface area contributed by atoms with Gasteiger partial charge in [0.2, 0.25) is 21.8 Å². The van der Waals surface area contributed by atoms with Gasteiger partial charge in [0.25, 0.3) is 0 Å². The second kappa shape index (κ2) is 12.2. The summed E-state index contributed by atoms with van der Waals surface area (Å²) in [6.45, 7) is 5.96. The van der Waals surface area contributed by atoms with E-state index in [9.17, 15) is 27.9 Å². The Morgan fingerprint density at radius 3 is 2.33 bits per heavy atom. The Labute approximate surface area is 234 Å². The normalized spacial score (nSPS) is 16.1. The molecule has 2 amide bonds. The highest BCUT2D eigenvalue weighted by atomic mass is 32.2. The molecule has 0 bridgehead atoms. The molecule has 0 unspecified atom stereocenters. The van der Waals surface area contributed by atoms with E-state index in [1.54, 1.807) is 37.1 Å². The highest BCUT2D eigenvalue weighted by Crippen LogP contribution is 2.22. The van der Waals surface area contributed by atoms with Crippen molar-refractivity contribution in [2.75, 3.05) is 13.1 Å². The van der Waals surface area contributed by atoms with Gasteiger partial charge in [-0.3, -0.25) is 9.59 Å². The number of aromatic amines is 1. The van der Waals surface area contributed by atoms with Crippen LogP contribution in [0.15, 0.2) is 59.6 Å². The Morgan fingerprint density at radius 1 is 1.05 bits per heavy atom. The number of nitrogens with one attached hydrogen (secondary N) is 3. The van der Waals surface area contributed by atoms with Gasteiger partial charge in [0.05, 0.1) is 4.90 Å². The largest absolute Gasteiger partial charge is 0.480 e. The van der Waals surface area contributed by atoms with Crippen molar-refractivity contribution < 1.29 is 27.9 Å². The van der Waals surface area contributed by atoms with Crippen molar-refractivity contribution in [3.8, 4) is 0 Å². The second-order valence-electron chi connectivity index (χ2n) is 10.7. The molecule has 1 saturated heterocycles. The van der Waals surface area contributed by atoms with Crippen LogP contribution in [0.3, 0.4) is 0 Å². The summed E-state index contributed by atoms with van der Waals surface area (Å²) in [4.78, 5) is 43.1. The van der Waals surface area contributed by atoms with Gasteiger partial charge in [0, 0.05) is 42.5 Å². The average Bonchev–Trinajstić information content (AvgIpc) is 3.34. The van der Waals surface area contributed by atoms with Crippen LogP contribution in [-0.4, -0.2) is 66.4 Å². The molecular weight excluding hydrogens is 532 g/mol. The Kier molecular flexibility index (Phi) is 8.95. The fourth-order valence-corrected chi connectivity index (χ4v) is 6.33. The number of hydrogen-bond acceptors (Lipinski definition) is 5. The third kappa shape index (κ3) is 6.71. The predicted molar refractivity (Wildman–Crippen MR) is 151 cm³/mol. The van der Waals surface area contributed by atoms with E-state index >= 15 is 0 Å². The number of nitrogens with zero attached hydrogens (tertiary/aromatic N) is 1. The summed E-state index contributed by atoms with van der Waals surface area (Å²) in [7, 11) is -3.91. The number of aliphatic carboxylic acids is 1. The number of aryl methyl sites for hydroxylation is 1. The summed E-state index contributed by atoms with van der Waals surface area (Å²) in [6, 6.07) is 11.9. The first-order chi connectivity index (χ1) is 19.0. The lowest BCUT2D eigenvalue weighted by Crippen LogP contribution is -2.54. The maximum atomic E-state index is 13.3. The van der Waals surface area contributed by atoms with Crippen LogP contribution in [0.25, 0.3) is 10.9 Å². The maximum absolute atomic E-state index is 13.3. The van der Waals surface area contributed by atoms with E-state index in [0.29, 0.717) is 12.8 Å². The first-order valence-corrected chi connectivity index (χ1v) is 14.9. The summed E-state index contributed by atoms with van der Waals surface area (Å²) < 4.78 is 28.5. The average molecular weight is 569 g/mol. The van der Waals surface area contributed by atoms with E-state index in [0.717, 1.165) is 22.0 Å². The number of para-hydroxylation sites is 1. The van der Waals surface area contributed by atoms with Gasteiger partial charge in [-0.1, -0.05) is 49.7 Å². The minimum atomic E-state index is -3.91. The highest BCUT2D eigenvalue weighted by molar-refractivity contribution is 7.89. The molecule has 4 N–H and O–H groups in total. The molecular formula is C29H36N4O6S. The summed E-state index contributed by atoms with van der Waals surface area (Å²) in [5.41, 5.74) is 2.62. The van der Waals surface area contributed by atoms with Gasteiger partial charge in [-0.2, -0.15) is 4.72 Å². The lowest BCUT2D eigenvalue weighted by atomic mass is 9.93. The molecule has 0 aliphatic carbocycles. The number of benzene rings is 2. The third-order valence-electron chi connectivity index (χ3n) is 7.44. The van der Waals surface area contributed by atoms with Crippen LogP contribution in [0, 0.1) is 18.8 Å². The molecule has 1 fully saturated rings. The summed E-state index contributed by atoms with van der Waals surface area (Å²) in [6.07, 6.45) is 2.60. The zero-order chi connectivity index (χ0) is 29.0. The Balaban J connectivity index is 1.35. The Bertz CT molecular complexity index is 1470. The zero-order valence-corrected chi connectivity index (χ0v) is 23.7. The molecule has 3 aromatic rings. The number of sulfonamides is 1. The summed E-state index contributed by atoms with van der Waals surface area (Å²) in [5.74, 6) is -2.57. The van der Waals surface area contributed by atoms with Gasteiger partial charge in [-0.15, -0.1) is 0 Å². The van der Waals surface area contributed by atoms with Crippen molar-refractivity contribution in [2.24, 2.45) is 11.8 Å². The summed E-state index contributed by atoms with van der Waals surface area (Å²) >= 11 is 0. The number of aromatic nitrogens is 1. The van der Waals surface area contributed by atoms with Gasteiger partial charge < -0.3 is 20.3 Å². The molecule has 0 radical (unpaired) electrons. The van der Waals surface area contributed by atoms with Crippen LogP contribution in [-0.2, 0) is 30.8 Å².